The molecule has 0 aliphatic heterocycles. The Hall–Kier alpha value is -2.33. The molecule has 1 amide bonds. The summed E-state index contributed by atoms with van der Waals surface area (Å²) >= 11 is 7.23. The summed E-state index contributed by atoms with van der Waals surface area (Å²) in [7, 11) is 1.48. The summed E-state index contributed by atoms with van der Waals surface area (Å²) in [6.07, 6.45) is -3.69. The van der Waals surface area contributed by atoms with Crippen LogP contribution < -0.4 is 10.6 Å². The molecule has 0 unspecified atom stereocenters. The first-order valence-electron chi connectivity index (χ1n) is 7.57. The summed E-state index contributed by atoms with van der Waals surface area (Å²) in [4.78, 5) is 27.4. The smallest absolute Gasteiger partial charge is 0.385 e. The summed E-state index contributed by atoms with van der Waals surface area (Å²) in [5.41, 5.74) is -1.11. The van der Waals surface area contributed by atoms with Crippen molar-refractivity contribution in [3.8, 4) is 0 Å². The van der Waals surface area contributed by atoms with Gasteiger partial charge in [0.05, 0.1) is 28.2 Å². The minimum Gasteiger partial charge on any atom is -0.385 e. The first kappa shape index (κ1) is 21.0. The number of rotatable bonds is 6. The van der Waals surface area contributed by atoms with Crippen LogP contribution in [0.1, 0.15) is 23.0 Å². The second-order valence-electron chi connectivity index (χ2n) is 5.14. The number of aromatic nitrogens is 1. The third-order valence-corrected chi connectivity index (χ3v) is 4.64. The topological polar surface area (TPSA) is 83.5 Å². The predicted octanol–water partition coefficient (Wildman–Crippen LogP) is 5.56. The summed E-state index contributed by atoms with van der Waals surface area (Å²) < 4.78 is 38.7. The van der Waals surface area contributed by atoms with Crippen LogP contribution in [0.25, 0.3) is 0 Å². The lowest BCUT2D eigenvalue weighted by Crippen LogP contribution is -2.16. The number of nitrogens with one attached hydrogen (secondary N) is 2. The molecule has 0 fully saturated rings. The normalized spacial score (nSPS) is 11.2. The van der Waals surface area contributed by atoms with E-state index >= 15 is 0 Å². The van der Waals surface area contributed by atoms with E-state index in [1.165, 1.54) is 30.9 Å². The lowest BCUT2D eigenvalue weighted by atomic mass is 10.1. The summed E-state index contributed by atoms with van der Waals surface area (Å²) in [5, 5.41) is 7.92. The van der Waals surface area contributed by atoms with Crippen LogP contribution in [0.4, 0.5) is 30.2 Å². The van der Waals surface area contributed by atoms with Gasteiger partial charge in [-0.1, -0.05) is 18.5 Å². The van der Waals surface area contributed by atoms with E-state index in [1.54, 1.807) is 0 Å². The van der Waals surface area contributed by atoms with Crippen LogP contribution in [0.5, 0.6) is 0 Å². The molecule has 0 aliphatic rings. The summed E-state index contributed by atoms with van der Waals surface area (Å²) in [6.45, 7) is 1.85. The maximum Gasteiger partial charge on any atom is 0.433 e. The molecule has 0 saturated heterocycles. The van der Waals surface area contributed by atoms with Crippen LogP contribution in [-0.4, -0.2) is 23.7 Å². The Labute approximate surface area is 161 Å². The van der Waals surface area contributed by atoms with E-state index in [1.807, 2.05) is 6.92 Å². The third kappa shape index (κ3) is 4.89. The number of nitrogens with zero attached hydrogens (tertiary/aromatic N) is 2. The Kier molecular flexibility index (Phi) is 6.66. The molecule has 0 spiro atoms. The molecule has 2 rings (SSSR count). The Balaban J connectivity index is 2.46. The lowest BCUT2D eigenvalue weighted by Gasteiger charge is -2.15. The molecule has 2 N–H and O–H groups in total. The highest BCUT2D eigenvalue weighted by Gasteiger charge is 2.33. The largest absolute Gasteiger partial charge is 0.433 e. The van der Waals surface area contributed by atoms with Crippen molar-refractivity contribution in [2.45, 2.75) is 18.0 Å². The molecule has 27 heavy (non-hydrogen) atoms. The molecule has 1 aromatic heterocycles. The molecule has 11 heteroatoms. The maximum absolute atomic E-state index is 12.9. The van der Waals surface area contributed by atoms with Gasteiger partial charge in [-0.3, -0.25) is 4.79 Å². The van der Waals surface area contributed by atoms with Gasteiger partial charge < -0.3 is 10.6 Å². The van der Waals surface area contributed by atoms with Crippen LogP contribution >= 0.6 is 23.4 Å². The first-order valence-corrected chi connectivity index (χ1v) is 8.93. The van der Waals surface area contributed by atoms with E-state index in [9.17, 15) is 22.9 Å². The summed E-state index contributed by atoms with van der Waals surface area (Å²) in [5.74, 6) is -0.0944. The molecule has 0 radical (unpaired) electrons. The van der Waals surface area contributed by atoms with Crippen molar-refractivity contribution in [3.05, 3.63) is 45.6 Å². The number of pyridine rings is 1. The Morgan fingerprint density at radius 3 is 2.56 bits per heavy atom. The average Bonchev–Trinajstić information content (AvgIpc) is 2.61. The molecule has 0 aliphatic carbocycles. The number of thioether (sulfide) groups is 1. The molecule has 0 bridgehead atoms. The van der Waals surface area contributed by atoms with E-state index in [-0.39, 0.29) is 27.6 Å². The molecule has 1 aromatic carbocycles. The second-order valence-corrected chi connectivity index (χ2v) is 6.85. The van der Waals surface area contributed by atoms with Crippen LogP contribution in [0.15, 0.2) is 34.5 Å². The van der Waals surface area contributed by atoms with E-state index < -0.39 is 17.8 Å². The zero-order valence-electron chi connectivity index (χ0n) is 14.1. The Morgan fingerprint density at radius 2 is 2.00 bits per heavy atom. The molecule has 6 nitrogen and oxygen atoms in total. The molecular weight excluding hydrogens is 405 g/mol. The molecule has 1 heterocycles. The van der Waals surface area contributed by atoms with E-state index in [2.05, 4.69) is 20.8 Å². The lowest BCUT2D eigenvalue weighted by molar-refractivity contribution is -0.141. The fraction of sp³-hybridized carbons (Fsp3) is 0.250. The number of hydrogen-bond acceptors (Lipinski definition) is 6. The molecule has 144 valence electrons. The van der Waals surface area contributed by atoms with Gasteiger partial charge in [0.25, 0.3) is 5.91 Å². The van der Waals surface area contributed by atoms with Crippen molar-refractivity contribution >= 4 is 46.3 Å². The third-order valence-electron chi connectivity index (χ3n) is 3.40. The zero-order chi connectivity index (χ0) is 20.2. The number of amides is 1. The number of carbonyl (C=O) groups excluding carboxylic acids is 1. The number of nitroso groups, excluding NO2 is 1. The van der Waals surface area contributed by atoms with Crippen molar-refractivity contribution in [1.82, 2.24) is 4.98 Å². The van der Waals surface area contributed by atoms with Gasteiger partial charge >= 0.3 is 6.18 Å². The van der Waals surface area contributed by atoms with Crippen molar-refractivity contribution in [2.75, 3.05) is 23.4 Å². The van der Waals surface area contributed by atoms with E-state index in [0.717, 1.165) is 12.3 Å². The predicted molar refractivity (Wildman–Crippen MR) is 100 cm³/mol. The highest BCUT2D eigenvalue weighted by Crippen LogP contribution is 2.35. The maximum atomic E-state index is 12.9. The first-order chi connectivity index (χ1) is 12.7. The SMILES string of the molecule is CCSc1cc(Cl)c(N=O)cc1C(=O)Nc1cc(C(F)(F)F)ncc1NC. The monoisotopic (exact) mass is 418 g/mol. The van der Waals surface area contributed by atoms with Crippen LogP contribution in [0, 0.1) is 4.91 Å². The molecule has 0 atom stereocenters. The second kappa shape index (κ2) is 8.57. The quantitative estimate of drug-likeness (QED) is 0.474. The number of hydrogen-bond donors (Lipinski definition) is 2. The molecule has 2 aromatic rings. The van der Waals surface area contributed by atoms with Gasteiger partial charge in [0.15, 0.2) is 0 Å². The van der Waals surface area contributed by atoms with Gasteiger partial charge in [-0.25, -0.2) is 4.98 Å². The van der Waals surface area contributed by atoms with Crippen molar-refractivity contribution in [1.29, 1.82) is 0 Å². The molecular formula is C16H14ClF3N4O2S. The fourth-order valence-electron chi connectivity index (χ4n) is 2.17. The van der Waals surface area contributed by atoms with Gasteiger partial charge in [-0.05, 0) is 29.1 Å². The Morgan fingerprint density at radius 1 is 1.30 bits per heavy atom. The van der Waals surface area contributed by atoms with Gasteiger partial charge in [-0.2, -0.15) is 13.2 Å². The van der Waals surface area contributed by atoms with Crippen molar-refractivity contribution in [2.24, 2.45) is 5.18 Å². The van der Waals surface area contributed by atoms with Crippen LogP contribution in [0.3, 0.4) is 0 Å². The molecule has 0 saturated carbocycles. The van der Waals surface area contributed by atoms with Gasteiger partial charge in [-0.15, -0.1) is 16.7 Å². The number of carbonyl (C=O) groups is 1. The fourth-order valence-corrected chi connectivity index (χ4v) is 3.25. The van der Waals surface area contributed by atoms with Crippen molar-refractivity contribution in [3.63, 3.8) is 0 Å². The van der Waals surface area contributed by atoms with E-state index in [0.29, 0.717) is 10.6 Å². The summed E-state index contributed by atoms with van der Waals surface area (Å²) in [6, 6.07) is 3.35. The number of alkyl halides is 3. The highest BCUT2D eigenvalue weighted by molar-refractivity contribution is 7.99. The van der Waals surface area contributed by atoms with Gasteiger partial charge in [0, 0.05) is 11.9 Å². The van der Waals surface area contributed by atoms with Crippen LogP contribution in [0.2, 0.25) is 5.02 Å². The minimum absolute atomic E-state index is 0.0771. The van der Waals surface area contributed by atoms with Gasteiger partial charge in [0.2, 0.25) is 0 Å². The van der Waals surface area contributed by atoms with Crippen LogP contribution in [-0.2, 0) is 6.18 Å². The Bertz CT molecular complexity index is 877. The number of anilines is 2. The average molecular weight is 419 g/mol. The standard InChI is InChI=1S/C16H14ClF3N4O2S/c1-3-27-13-5-9(17)10(24-26)4-8(13)15(25)23-11-6-14(16(18,19)20)22-7-12(11)21-2/h4-7,21H,3H2,1-2H3,(H,22,23,25). The van der Waals surface area contributed by atoms with Gasteiger partial charge in [0.1, 0.15) is 11.4 Å². The highest BCUT2D eigenvalue weighted by atomic mass is 35.5. The number of benzene rings is 1. The zero-order valence-corrected chi connectivity index (χ0v) is 15.7. The van der Waals surface area contributed by atoms with E-state index in [4.69, 9.17) is 11.6 Å². The number of halogens is 4. The minimum atomic E-state index is -4.66. The van der Waals surface area contributed by atoms with Crippen molar-refractivity contribution < 1.29 is 18.0 Å².